The van der Waals surface area contributed by atoms with E-state index < -0.39 is 6.09 Å². The number of allylic oxidation sites excluding steroid dienone is 2. The molecule has 2 aliphatic rings. The molecule has 2 aromatic carbocycles. The van der Waals surface area contributed by atoms with Gasteiger partial charge in [-0.25, -0.2) is 4.79 Å². The maximum absolute atomic E-state index is 13.3. The molecule has 2 N–H and O–H groups in total. The van der Waals surface area contributed by atoms with Crippen LogP contribution in [0.15, 0.2) is 60.7 Å². The minimum atomic E-state index is -0.396. The molecular formula is C36H45N3O7. The topological polar surface area (TPSA) is 115 Å². The van der Waals surface area contributed by atoms with Crippen LogP contribution in [0.2, 0.25) is 0 Å². The van der Waals surface area contributed by atoms with Gasteiger partial charge in [-0.2, -0.15) is 0 Å². The Morgan fingerprint density at radius 2 is 1.39 bits per heavy atom. The molecule has 4 rings (SSSR count). The number of anilines is 1. The maximum Gasteiger partial charge on any atom is 0.407 e. The Kier molecular flexibility index (Phi) is 15.1. The van der Waals surface area contributed by atoms with Gasteiger partial charge >= 0.3 is 6.09 Å². The molecule has 1 aliphatic carbocycles. The molecule has 0 bridgehead atoms. The summed E-state index contributed by atoms with van der Waals surface area (Å²) in [7, 11) is 0. The first-order chi connectivity index (χ1) is 22.6. The maximum atomic E-state index is 13.3. The fraction of sp³-hybridized carbons (Fsp3) is 0.472. The molecule has 0 unspecified atom stereocenters. The molecule has 2 aromatic rings. The van der Waals surface area contributed by atoms with Crippen molar-refractivity contribution in [2.24, 2.45) is 0 Å². The van der Waals surface area contributed by atoms with Crippen LogP contribution >= 0.6 is 0 Å². The standard InChI is InChI=1S/C36H45N3O7/c40-34(18-19-35(41)39-28-31-12-7-6-10-29(31)16-17-30-11-8-9-15-33(30)39)37-20-22-43-24-26-45-27-25-44-23-21-38-36(42)46-32-13-4-2-1-3-5-14-32/h1-2,6-12,15,32H,3-5,13-14,18-28H2,(H,37,40)(H,38,42)/t32-/m1/s1. The monoisotopic (exact) mass is 631 g/mol. The van der Waals surface area contributed by atoms with Gasteiger partial charge in [-0.05, 0) is 55.9 Å². The number of hydrogen-bond acceptors (Lipinski definition) is 7. The van der Waals surface area contributed by atoms with Crippen molar-refractivity contribution in [1.29, 1.82) is 0 Å². The van der Waals surface area contributed by atoms with Crippen LogP contribution in [0.1, 0.15) is 61.6 Å². The van der Waals surface area contributed by atoms with Gasteiger partial charge in [-0.3, -0.25) is 9.59 Å². The van der Waals surface area contributed by atoms with E-state index in [0.29, 0.717) is 59.3 Å². The van der Waals surface area contributed by atoms with Crippen molar-refractivity contribution in [2.45, 2.75) is 57.6 Å². The highest BCUT2D eigenvalue weighted by Crippen LogP contribution is 2.26. The SMILES string of the molecule is O=C(CCC(=O)N1Cc2ccccc2C#Cc2ccccc21)NCCOCCOCCOCCNC(=O)O[C@@H]1CCC=CCCC1. The first kappa shape index (κ1) is 34.7. The Bertz CT molecular complexity index is 1370. The number of fused-ring (bicyclic) bond motifs is 2. The molecule has 0 spiro atoms. The van der Waals surface area contributed by atoms with Gasteiger partial charge in [0.05, 0.1) is 51.9 Å². The number of alkyl carbamates (subject to hydrolysis) is 1. The Balaban J connectivity index is 0.991. The van der Waals surface area contributed by atoms with E-state index in [0.717, 1.165) is 54.5 Å². The fourth-order valence-corrected chi connectivity index (χ4v) is 5.12. The van der Waals surface area contributed by atoms with E-state index >= 15 is 0 Å². The molecule has 10 nitrogen and oxygen atoms in total. The van der Waals surface area contributed by atoms with Crippen molar-refractivity contribution in [1.82, 2.24) is 10.6 Å². The van der Waals surface area contributed by atoms with Crippen LogP contribution in [0, 0.1) is 11.8 Å². The number of hydrogen-bond donors (Lipinski definition) is 2. The third kappa shape index (κ3) is 12.3. The number of benzene rings is 2. The van der Waals surface area contributed by atoms with Gasteiger partial charge in [0.1, 0.15) is 6.10 Å². The summed E-state index contributed by atoms with van der Waals surface area (Å²) in [6.07, 6.45) is 8.86. The minimum absolute atomic E-state index is 0.0254. The Morgan fingerprint density at radius 1 is 0.739 bits per heavy atom. The van der Waals surface area contributed by atoms with E-state index in [2.05, 4.69) is 34.6 Å². The largest absolute Gasteiger partial charge is 0.446 e. The number of rotatable bonds is 16. The molecule has 0 fully saturated rings. The van der Waals surface area contributed by atoms with Crippen LogP contribution in [0.5, 0.6) is 0 Å². The van der Waals surface area contributed by atoms with E-state index in [-0.39, 0.29) is 30.8 Å². The number of ether oxygens (including phenoxy) is 4. The van der Waals surface area contributed by atoms with Gasteiger partial charge in [-0.15, -0.1) is 0 Å². The lowest BCUT2D eigenvalue weighted by Crippen LogP contribution is -2.34. The Morgan fingerprint density at radius 3 is 2.20 bits per heavy atom. The molecule has 46 heavy (non-hydrogen) atoms. The lowest BCUT2D eigenvalue weighted by molar-refractivity contribution is -0.125. The second kappa shape index (κ2) is 20.1. The normalized spacial score (nSPS) is 15.5. The highest BCUT2D eigenvalue weighted by atomic mass is 16.6. The molecule has 246 valence electrons. The van der Waals surface area contributed by atoms with Crippen LogP contribution in [0.3, 0.4) is 0 Å². The first-order valence-electron chi connectivity index (χ1n) is 16.2. The first-order valence-corrected chi connectivity index (χ1v) is 16.2. The highest BCUT2D eigenvalue weighted by Gasteiger charge is 2.21. The number of amides is 3. The predicted molar refractivity (Wildman–Crippen MR) is 175 cm³/mol. The van der Waals surface area contributed by atoms with E-state index in [4.69, 9.17) is 18.9 Å². The molecule has 1 atom stereocenters. The lowest BCUT2D eigenvalue weighted by atomic mass is 10.0. The third-order valence-electron chi connectivity index (χ3n) is 7.56. The summed E-state index contributed by atoms with van der Waals surface area (Å²) in [5.41, 5.74) is 3.41. The van der Waals surface area contributed by atoms with Crippen molar-refractivity contribution in [3.05, 3.63) is 77.4 Å². The molecule has 1 heterocycles. The summed E-state index contributed by atoms with van der Waals surface area (Å²) in [6.45, 7) is 3.45. The van der Waals surface area contributed by atoms with Gasteiger partial charge in [0.15, 0.2) is 0 Å². The summed E-state index contributed by atoms with van der Waals surface area (Å²) >= 11 is 0. The average Bonchev–Trinajstić information content (AvgIpc) is 3.04. The quantitative estimate of drug-likeness (QED) is 0.159. The molecule has 1 aliphatic heterocycles. The minimum Gasteiger partial charge on any atom is -0.446 e. The van der Waals surface area contributed by atoms with E-state index in [1.54, 1.807) is 4.90 Å². The fourth-order valence-electron chi connectivity index (χ4n) is 5.12. The zero-order valence-corrected chi connectivity index (χ0v) is 26.5. The lowest BCUT2D eigenvalue weighted by Gasteiger charge is -2.26. The summed E-state index contributed by atoms with van der Waals surface area (Å²) in [4.78, 5) is 39.3. The molecule has 0 aromatic heterocycles. The number of para-hydroxylation sites is 1. The van der Waals surface area contributed by atoms with Crippen LogP contribution in [-0.4, -0.2) is 76.7 Å². The van der Waals surface area contributed by atoms with Crippen molar-refractivity contribution in [3.63, 3.8) is 0 Å². The van der Waals surface area contributed by atoms with Crippen molar-refractivity contribution < 1.29 is 33.3 Å². The number of carbonyl (C=O) groups is 3. The van der Waals surface area contributed by atoms with E-state index in [9.17, 15) is 14.4 Å². The number of nitrogens with one attached hydrogen (secondary N) is 2. The Hall–Kier alpha value is -4.17. The second-order valence-electron chi connectivity index (χ2n) is 11.0. The summed E-state index contributed by atoms with van der Waals surface area (Å²) < 4.78 is 22.0. The van der Waals surface area contributed by atoms with Gasteiger partial charge in [0, 0.05) is 37.1 Å². The predicted octanol–water partition coefficient (Wildman–Crippen LogP) is 4.49. The van der Waals surface area contributed by atoms with Gasteiger partial charge in [-0.1, -0.05) is 54.3 Å². The molecule has 0 saturated heterocycles. The van der Waals surface area contributed by atoms with Crippen LogP contribution in [-0.2, 0) is 35.1 Å². The second-order valence-corrected chi connectivity index (χ2v) is 11.0. The van der Waals surface area contributed by atoms with Gasteiger partial charge in [0.2, 0.25) is 11.8 Å². The van der Waals surface area contributed by atoms with Gasteiger partial charge < -0.3 is 34.5 Å². The zero-order valence-electron chi connectivity index (χ0n) is 26.5. The molecule has 3 amide bonds. The zero-order chi connectivity index (χ0) is 32.2. The highest BCUT2D eigenvalue weighted by molar-refractivity contribution is 5.96. The average molecular weight is 632 g/mol. The summed E-state index contributed by atoms with van der Waals surface area (Å²) in [5, 5.41) is 5.53. The summed E-state index contributed by atoms with van der Waals surface area (Å²) in [6, 6.07) is 15.4. The van der Waals surface area contributed by atoms with Gasteiger partial charge in [0.25, 0.3) is 0 Å². The van der Waals surface area contributed by atoms with E-state index in [1.165, 1.54) is 0 Å². The van der Waals surface area contributed by atoms with Crippen molar-refractivity contribution in [2.75, 3.05) is 57.6 Å². The number of carbonyl (C=O) groups excluding carboxylic acids is 3. The third-order valence-corrected chi connectivity index (χ3v) is 7.56. The molecule has 10 heteroatoms. The van der Waals surface area contributed by atoms with Crippen LogP contribution in [0.4, 0.5) is 10.5 Å². The smallest absolute Gasteiger partial charge is 0.407 e. The van der Waals surface area contributed by atoms with E-state index in [1.807, 2.05) is 48.5 Å². The molecular weight excluding hydrogens is 586 g/mol. The van der Waals surface area contributed by atoms with Crippen LogP contribution < -0.4 is 15.5 Å². The van der Waals surface area contributed by atoms with Crippen molar-refractivity contribution >= 4 is 23.6 Å². The number of nitrogens with zero attached hydrogens (tertiary/aromatic N) is 1. The Labute approximate surface area is 271 Å². The van der Waals surface area contributed by atoms with Crippen molar-refractivity contribution in [3.8, 4) is 11.8 Å². The molecule has 0 radical (unpaired) electrons. The summed E-state index contributed by atoms with van der Waals surface area (Å²) in [5.74, 6) is 6.06. The molecule has 0 saturated carbocycles. The van der Waals surface area contributed by atoms with Crippen LogP contribution in [0.25, 0.3) is 0 Å².